The second-order valence-corrected chi connectivity index (χ2v) is 8.42. The van der Waals surface area contributed by atoms with Crippen LogP contribution in [0.4, 0.5) is 13.2 Å². The summed E-state index contributed by atoms with van der Waals surface area (Å²) in [7, 11) is 1.20. The minimum absolute atomic E-state index is 0.196. The highest BCUT2D eigenvalue weighted by atomic mass is 19.2. The molecule has 0 amide bonds. The van der Waals surface area contributed by atoms with Crippen molar-refractivity contribution in [3.05, 3.63) is 59.2 Å². The second-order valence-electron chi connectivity index (χ2n) is 8.42. The Balaban J connectivity index is 1.52. The van der Waals surface area contributed by atoms with Crippen LogP contribution in [0.5, 0.6) is 11.5 Å². The lowest BCUT2D eigenvalue weighted by Gasteiger charge is -2.29. The highest BCUT2D eigenvalue weighted by Gasteiger charge is 2.28. The van der Waals surface area contributed by atoms with Crippen LogP contribution in [-0.4, -0.2) is 31.3 Å². The molecule has 184 valence electrons. The minimum atomic E-state index is -1.56. The molecule has 0 N–H and O–H groups in total. The zero-order valence-electron chi connectivity index (χ0n) is 19.3. The number of hydrogen-bond acceptors (Lipinski definition) is 5. The molecule has 1 fully saturated rings. The Kier molecular flexibility index (Phi) is 8.96. The zero-order chi connectivity index (χ0) is 24.7. The number of hydrogen-bond donors (Lipinski definition) is 0. The fourth-order valence-corrected chi connectivity index (χ4v) is 4.07. The maximum Gasteiger partial charge on any atom is 0.346 e. The van der Waals surface area contributed by atoms with Gasteiger partial charge in [-0.15, -0.1) is 0 Å². The fourth-order valence-electron chi connectivity index (χ4n) is 4.07. The van der Waals surface area contributed by atoms with Crippen LogP contribution in [0.25, 0.3) is 0 Å². The van der Waals surface area contributed by atoms with E-state index in [2.05, 4.69) is 0 Å². The smallest absolute Gasteiger partial charge is 0.346 e. The number of alkyl halides is 1. The quantitative estimate of drug-likeness (QED) is 0.313. The number of rotatable bonds is 9. The SMILES string of the molecule is CCCC[C@H](F)C(=O)O[C@H]1CC[C@H](c2ccc(OC(=O)c3ccc(OC)c(F)c3F)cc2)CC1. The van der Waals surface area contributed by atoms with Gasteiger partial charge in [0, 0.05) is 0 Å². The van der Waals surface area contributed by atoms with Gasteiger partial charge in [-0.05, 0) is 67.9 Å². The summed E-state index contributed by atoms with van der Waals surface area (Å²) in [5, 5.41) is 0. The first-order valence-electron chi connectivity index (χ1n) is 11.5. The van der Waals surface area contributed by atoms with Crippen LogP contribution >= 0.6 is 0 Å². The van der Waals surface area contributed by atoms with Gasteiger partial charge in [0.15, 0.2) is 17.7 Å². The molecule has 8 heteroatoms. The first kappa shape index (κ1) is 25.6. The topological polar surface area (TPSA) is 61.8 Å². The van der Waals surface area contributed by atoms with Crippen molar-refractivity contribution in [2.24, 2.45) is 0 Å². The van der Waals surface area contributed by atoms with E-state index in [9.17, 15) is 22.8 Å². The molecule has 34 heavy (non-hydrogen) atoms. The third-order valence-corrected chi connectivity index (χ3v) is 6.07. The summed E-state index contributed by atoms with van der Waals surface area (Å²) in [5.41, 5.74) is 0.498. The van der Waals surface area contributed by atoms with Crippen molar-refractivity contribution in [2.75, 3.05) is 7.11 Å². The normalized spacial score (nSPS) is 18.7. The van der Waals surface area contributed by atoms with Gasteiger partial charge in [-0.1, -0.05) is 31.9 Å². The van der Waals surface area contributed by atoms with E-state index in [-0.39, 0.29) is 29.9 Å². The Morgan fingerprint density at radius 1 is 1.00 bits per heavy atom. The molecule has 0 saturated heterocycles. The minimum Gasteiger partial charge on any atom is -0.494 e. The molecule has 0 aromatic heterocycles. The molecule has 1 aliphatic rings. The molecular weight excluding hydrogens is 449 g/mol. The molecule has 2 aromatic carbocycles. The summed E-state index contributed by atoms with van der Waals surface area (Å²) in [4.78, 5) is 24.1. The number of benzene rings is 2. The predicted molar refractivity (Wildman–Crippen MR) is 120 cm³/mol. The van der Waals surface area contributed by atoms with Crippen LogP contribution < -0.4 is 9.47 Å². The first-order valence-corrected chi connectivity index (χ1v) is 11.5. The highest BCUT2D eigenvalue weighted by molar-refractivity contribution is 5.91. The Hall–Kier alpha value is -3.03. The Morgan fingerprint density at radius 2 is 1.68 bits per heavy atom. The molecule has 0 aliphatic heterocycles. The van der Waals surface area contributed by atoms with Crippen molar-refractivity contribution < 1.29 is 37.0 Å². The van der Waals surface area contributed by atoms with Crippen LogP contribution in [0.1, 0.15) is 73.7 Å². The van der Waals surface area contributed by atoms with Crippen LogP contribution in [0, 0.1) is 11.6 Å². The van der Waals surface area contributed by atoms with Crippen molar-refractivity contribution in [1.29, 1.82) is 0 Å². The molecule has 1 saturated carbocycles. The average Bonchev–Trinajstić information content (AvgIpc) is 2.85. The van der Waals surface area contributed by atoms with Crippen molar-refractivity contribution in [3.63, 3.8) is 0 Å². The number of ether oxygens (including phenoxy) is 3. The van der Waals surface area contributed by atoms with Gasteiger partial charge in [0.2, 0.25) is 5.82 Å². The standard InChI is InChI=1S/C26H29F3O5/c1-3-4-5-21(27)26(31)34-19-12-8-17(9-13-19)16-6-10-18(11-7-16)33-25(30)20-14-15-22(32-2)24(29)23(20)28/h6-7,10-11,14-15,17,19,21H,3-5,8-9,12-13H2,1-2H3/t17-,19-,21-/m0/s1. The molecule has 0 unspecified atom stereocenters. The summed E-state index contributed by atoms with van der Waals surface area (Å²) in [6.45, 7) is 1.94. The number of esters is 2. The van der Waals surface area contributed by atoms with Gasteiger partial charge >= 0.3 is 11.9 Å². The second kappa shape index (κ2) is 11.9. The van der Waals surface area contributed by atoms with Crippen molar-refractivity contribution in [2.45, 2.75) is 70.1 Å². The monoisotopic (exact) mass is 478 g/mol. The summed E-state index contributed by atoms with van der Waals surface area (Å²) in [5.74, 6) is -4.24. The molecule has 0 spiro atoms. The van der Waals surface area contributed by atoms with E-state index >= 15 is 0 Å². The Bertz CT molecular complexity index is 985. The van der Waals surface area contributed by atoms with E-state index in [0.717, 1.165) is 37.0 Å². The summed E-state index contributed by atoms with van der Waals surface area (Å²) in [6, 6.07) is 9.08. The van der Waals surface area contributed by atoms with Crippen molar-refractivity contribution in [1.82, 2.24) is 0 Å². The maximum absolute atomic E-state index is 14.1. The summed E-state index contributed by atoms with van der Waals surface area (Å²) < 4.78 is 57.0. The van der Waals surface area contributed by atoms with E-state index in [1.807, 2.05) is 19.1 Å². The van der Waals surface area contributed by atoms with Crippen LogP contribution in [0.15, 0.2) is 36.4 Å². The van der Waals surface area contributed by atoms with E-state index in [1.165, 1.54) is 7.11 Å². The third-order valence-electron chi connectivity index (χ3n) is 6.07. The van der Waals surface area contributed by atoms with E-state index < -0.39 is 35.3 Å². The number of carbonyl (C=O) groups excluding carboxylic acids is 2. The number of carbonyl (C=O) groups is 2. The average molecular weight is 479 g/mol. The predicted octanol–water partition coefficient (Wildman–Crippen LogP) is 6.29. The summed E-state index contributed by atoms with van der Waals surface area (Å²) in [6.07, 6.45) is 2.69. The van der Waals surface area contributed by atoms with Gasteiger partial charge in [-0.25, -0.2) is 18.4 Å². The van der Waals surface area contributed by atoms with Crippen LogP contribution in [0.3, 0.4) is 0 Å². The number of methoxy groups -OCH3 is 1. The first-order chi connectivity index (χ1) is 16.3. The summed E-state index contributed by atoms with van der Waals surface area (Å²) >= 11 is 0. The Labute approximate surface area is 197 Å². The van der Waals surface area contributed by atoms with Gasteiger partial charge < -0.3 is 14.2 Å². The zero-order valence-corrected chi connectivity index (χ0v) is 19.3. The lowest BCUT2D eigenvalue weighted by atomic mass is 9.83. The van der Waals surface area contributed by atoms with E-state index in [0.29, 0.717) is 19.3 Å². The van der Waals surface area contributed by atoms with Gasteiger partial charge in [-0.2, -0.15) is 4.39 Å². The van der Waals surface area contributed by atoms with Crippen LogP contribution in [0.2, 0.25) is 0 Å². The van der Waals surface area contributed by atoms with Gasteiger partial charge in [-0.3, -0.25) is 0 Å². The largest absolute Gasteiger partial charge is 0.494 e. The van der Waals surface area contributed by atoms with Crippen LogP contribution in [-0.2, 0) is 9.53 Å². The molecule has 5 nitrogen and oxygen atoms in total. The molecular formula is C26H29F3O5. The van der Waals surface area contributed by atoms with Crippen molar-refractivity contribution >= 4 is 11.9 Å². The Morgan fingerprint density at radius 3 is 2.29 bits per heavy atom. The molecule has 2 aromatic rings. The molecule has 0 radical (unpaired) electrons. The number of unbranched alkanes of at least 4 members (excludes halogenated alkanes) is 1. The van der Waals surface area contributed by atoms with Gasteiger partial charge in [0.05, 0.1) is 12.7 Å². The molecule has 1 atom stereocenters. The van der Waals surface area contributed by atoms with E-state index in [4.69, 9.17) is 14.2 Å². The molecule has 1 aliphatic carbocycles. The molecule has 3 rings (SSSR count). The third kappa shape index (κ3) is 6.30. The number of halogens is 3. The van der Waals surface area contributed by atoms with Crippen molar-refractivity contribution in [3.8, 4) is 11.5 Å². The van der Waals surface area contributed by atoms with Gasteiger partial charge in [0.1, 0.15) is 11.9 Å². The van der Waals surface area contributed by atoms with E-state index in [1.54, 1.807) is 12.1 Å². The highest BCUT2D eigenvalue weighted by Crippen LogP contribution is 2.35. The molecule has 0 heterocycles. The fraction of sp³-hybridized carbons (Fsp3) is 0.462. The lowest BCUT2D eigenvalue weighted by molar-refractivity contribution is -0.157. The molecule has 0 bridgehead atoms. The van der Waals surface area contributed by atoms with Gasteiger partial charge in [0.25, 0.3) is 0 Å². The lowest BCUT2D eigenvalue weighted by Crippen LogP contribution is -2.28. The maximum atomic E-state index is 14.1.